The van der Waals surface area contributed by atoms with Crippen LogP contribution in [0.25, 0.3) is 0 Å². The molecule has 45 heavy (non-hydrogen) atoms. The highest BCUT2D eigenvalue weighted by atomic mass is 16.7. The maximum atomic E-state index is 13.2. The third kappa shape index (κ3) is 4.28. The first kappa shape index (κ1) is 28.9. The Labute approximate surface area is 263 Å². The summed E-state index contributed by atoms with van der Waals surface area (Å²) in [5.41, 5.74) is 3.85. The van der Waals surface area contributed by atoms with Gasteiger partial charge in [0.15, 0.2) is 23.0 Å². The van der Waals surface area contributed by atoms with Crippen molar-refractivity contribution in [2.45, 2.75) is 99.7 Å². The molecule has 2 saturated carbocycles. The molecule has 2 fully saturated rings. The average Bonchev–Trinajstić information content (AvgIpc) is 3.47. The van der Waals surface area contributed by atoms with E-state index < -0.39 is 0 Å². The van der Waals surface area contributed by atoms with Gasteiger partial charge in [0.2, 0.25) is 11.8 Å². The van der Waals surface area contributed by atoms with Crippen LogP contribution in [0.5, 0.6) is 23.0 Å². The van der Waals surface area contributed by atoms with Crippen molar-refractivity contribution in [1.29, 1.82) is 0 Å². The summed E-state index contributed by atoms with van der Waals surface area (Å²) in [4.78, 5) is 30.0. The van der Waals surface area contributed by atoms with E-state index in [9.17, 15) is 9.59 Å². The van der Waals surface area contributed by atoms with Gasteiger partial charge >= 0.3 is 0 Å². The fraction of sp³-hybridized carbons (Fsp3) is 0.600. The highest BCUT2D eigenvalue weighted by Crippen LogP contribution is 2.59. The monoisotopic (exact) mass is 618 g/mol. The second-order valence-electron chi connectivity index (χ2n) is 13.9. The van der Waals surface area contributed by atoms with Crippen LogP contribution in [0, 0.1) is 0 Å². The number of nitrogens with zero attached hydrogens (tertiary/aromatic N) is 2. The number of ether oxygens (including phenoxy) is 6. The van der Waals surface area contributed by atoms with E-state index in [1.54, 1.807) is 14.2 Å². The molecule has 0 saturated heterocycles. The van der Waals surface area contributed by atoms with Gasteiger partial charge in [0.25, 0.3) is 0 Å². The van der Waals surface area contributed by atoms with Crippen LogP contribution >= 0.6 is 0 Å². The van der Waals surface area contributed by atoms with E-state index in [2.05, 4.69) is 12.1 Å². The lowest BCUT2D eigenvalue weighted by Crippen LogP contribution is -2.48. The summed E-state index contributed by atoms with van der Waals surface area (Å²) in [6.07, 6.45) is 5.10. The predicted octanol–water partition coefficient (Wildman–Crippen LogP) is 4.22. The Balaban J connectivity index is 0.943. The number of rotatable bonds is 6. The molecule has 240 valence electrons. The van der Waals surface area contributed by atoms with E-state index in [0.29, 0.717) is 38.8 Å². The van der Waals surface area contributed by atoms with Crippen LogP contribution in [0.15, 0.2) is 24.3 Å². The first-order valence-corrected chi connectivity index (χ1v) is 16.2. The van der Waals surface area contributed by atoms with Crippen LogP contribution in [0.1, 0.15) is 73.6 Å². The van der Waals surface area contributed by atoms with E-state index >= 15 is 0 Å². The summed E-state index contributed by atoms with van der Waals surface area (Å²) >= 11 is 0. The van der Waals surface area contributed by atoms with Gasteiger partial charge in [0.05, 0.1) is 26.4 Å². The van der Waals surface area contributed by atoms with Crippen LogP contribution in [0.3, 0.4) is 0 Å². The minimum Gasteiger partial charge on any atom is -0.493 e. The van der Waals surface area contributed by atoms with Gasteiger partial charge in [-0.2, -0.15) is 0 Å². The molecular formula is C35H42N2O8. The first-order valence-electron chi connectivity index (χ1n) is 16.2. The number of methoxy groups -OCH3 is 2. The number of carbonyl (C=O) groups is 2. The Hall–Kier alpha value is -3.50. The van der Waals surface area contributed by atoms with Crippen molar-refractivity contribution >= 4 is 11.8 Å². The predicted molar refractivity (Wildman–Crippen MR) is 163 cm³/mol. The minimum absolute atomic E-state index is 0.0378. The third-order valence-corrected chi connectivity index (χ3v) is 11.6. The van der Waals surface area contributed by atoms with Crippen molar-refractivity contribution in [1.82, 2.24) is 9.80 Å². The van der Waals surface area contributed by atoms with Gasteiger partial charge in [-0.05, 0) is 48.9 Å². The molecule has 6 atom stereocenters. The lowest BCUT2D eigenvalue weighted by atomic mass is 9.65. The molecule has 2 spiro atoms. The summed E-state index contributed by atoms with van der Waals surface area (Å²) in [5, 5.41) is 0. The molecule has 0 unspecified atom stereocenters. The molecular weight excluding hydrogens is 576 g/mol. The molecule has 0 bridgehead atoms. The molecule has 0 aromatic heterocycles. The Kier molecular flexibility index (Phi) is 6.77. The molecule has 8 rings (SSSR count). The zero-order valence-electron chi connectivity index (χ0n) is 26.6. The molecule has 0 N–H and O–H groups in total. The number of benzene rings is 2. The number of amides is 2. The van der Waals surface area contributed by atoms with Crippen LogP contribution in [0.2, 0.25) is 0 Å². The second kappa shape index (κ2) is 10.5. The minimum atomic E-state index is -0.363. The normalized spacial score (nSPS) is 32.8. The van der Waals surface area contributed by atoms with Gasteiger partial charge < -0.3 is 38.2 Å². The summed E-state index contributed by atoms with van der Waals surface area (Å²) in [5.74, 6) is 3.31. The fourth-order valence-electron chi connectivity index (χ4n) is 9.23. The highest BCUT2D eigenvalue weighted by molar-refractivity contribution is 5.81. The lowest BCUT2D eigenvalue weighted by molar-refractivity contribution is -0.155. The summed E-state index contributed by atoms with van der Waals surface area (Å²) < 4.78 is 37.3. The summed E-state index contributed by atoms with van der Waals surface area (Å²) in [7, 11) is 7.08. The molecule has 2 aromatic carbocycles. The summed E-state index contributed by atoms with van der Waals surface area (Å²) in [6.45, 7) is 1.34. The topological polar surface area (TPSA) is 96.0 Å². The lowest BCUT2D eigenvalue weighted by Gasteiger charge is -2.42. The van der Waals surface area contributed by atoms with Gasteiger partial charge in [0.1, 0.15) is 19.0 Å². The number of hydrogen-bond donors (Lipinski definition) is 0. The van der Waals surface area contributed by atoms with E-state index in [-0.39, 0.29) is 53.9 Å². The Morgan fingerprint density at radius 2 is 1.18 bits per heavy atom. The van der Waals surface area contributed by atoms with E-state index in [1.165, 1.54) is 0 Å². The molecule has 4 heterocycles. The molecule has 10 heteroatoms. The van der Waals surface area contributed by atoms with Crippen molar-refractivity contribution in [3.8, 4) is 23.0 Å². The van der Waals surface area contributed by atoms with Crippen LogP contribution < -0.4 is 18.9 Å². The maximum Gasteiger partial charge on any atom is 0.223 e. The Bertz CT molecular complexity index is 1450. The van der Waals surface area contributed by atoms with Crippen LogP contribution in [0.4, 0.5) is 0 Å². The summed E-state index contributed by atoms with van der Waals surface area (Å²) in [6, 6.07) is 8.06. The van der Waals surface area contributed by atoms with E-state index in [4.69, 9.17) is 28.4 Å². The molecule has 2 aliphatic carbocycles. The first-order chi connectivity index (χ1) is 21.8. The highest BCUT2D eigenvalue weighted by Gasteiger charge is 2.58. The van der Waals surface area contributed by atoms with Crippen LogP contribution in [-0.2, 0) is 43.0 Å². The van der Waals surface area contributed by atoms with Crippen molar-refractivity contribution < 1.29 is 38.0 Å². The standard InChI is InChI=1S/C35H42N2O8/c1-36-17-20-5-7-24(40-3)32-30(20)34(15-28(36)38)11-9-22(13-26(34)44-32)42-19-43-23-10-12-35-16-29(39)37(2)18-21-6-8-25(41-4)33(31(21)35)45-27(35)14-23/h5-8,22-23,26-27H,9-19H2,1-4H3/t22-,23-,26-,27-,34-,35-/m0/s1. The van der Waals surface area contributed by atoms with Gasteiger partial charge in [-0.25, -0.2) is 0 Å². The van der Waals surface area contributed by atoms with Crippen molar-refractivity contribution in [3.63, 3.8) is 0 Å². The zero-order chi connectivity index (χ0) is 31.1. The smallest absolute Gasteiger partial charge is 0.223 e. The van der Waals surface area contributed by atoms with Crippen molar-refractivity contribution in [3.05, 3.63) is 46.5 Å². The number of hydrogen-bond acceptors (Lipinski definition) is 8. The molecule has 2 amide bonds. The Morgan fingerprint density at radius 3 is 1.60 bits per heavy atom. The van der Waals surface area contributed by atoms with Gasteiger partial charge in [-0.15, -0.1) is 0 Å². The Morgan fingerprint density at radius 1 is 0.733 bits per heavy atom. The fourth-order valence-corrected chi connectivity index (χ4v) is 9.23. The number of carbonyl (C=O) groups excluding carboxylic acids is 2. The van der Waals surface area contributed by atoms with Gasteiger partial charge in [0, 0.05) is 74.8 Å². The van der Waals surface area contributed by atoms with Gasteiger partial charge in [-0.1, -0.05) is 12.1 Å². The van der Waals surface area contributed by atoms with Crippen molar-refractivity contribution in [2.24, 2.45) is 0 Å². The zero-order valence-corrected chi connectivity index (χ0v) is 26.6. The molecule has 2 aromatic rings. The molecule has 0 radical (unpaired) electrons. The molecule has 4 aliphatic heterocycles. The van der Waals surface area contributed by atoms with Crippen LogP contribution in [-0.4, -0.2) is 81.1 Å². The third-order valence-electron chi connectivity index (χ3n) is 11.6. The van der Waals surface area contributed by atoms with Gasteiger partial charge in [-0.3, -0.25) is 9.59 Å². The second-order valence-corrected chi connectivity index (χ2v) is 13.9. The average molecular weight is 619 g/mol. The van der Waals surface area contributed by atoms with E-state index in [0.717, 1.165) is 70.9 Å². The SMILES string of the molecule is COc1ccc2c3c1O[C@H]1C[C@@H](OCO[C@H]4CC[C@@]56CC(=O)N(C)Cc7ccc(OC)c(c75)O[C@H]6C4)CC[C@@]31CC(=O)N(C)C2. The maximum absolute atomic E-state index is 13.2. The van der Waals surface area contributed by atoms with Crippen molar-refractivity contribution in [2.75, 3.05) is 35.1 Å². The quantitative estimate of drug-likeness (QED) is 0.445. The molecule has 6 aliphatic rings. The van der Waals surface area contributed by atoms with E-state index in [1.807, 2.05) is 36.0 Å². The molecule has 10 nitrogen and oxygen atoms in total. The largest absolute Gasteiger partial charge is 0.493 e.